The first-order valence-electron chi connectivity index (χ1n) is 18.2. The molecule has 0 saturated heterocycles. The molecule has 0 aliphatic carbocycles. The quantitative estimate of drug-likeness (QED) is 0.174. The third-order valence-corrected chi connectivity index (χ3v) is 10.5. The van der Waals surface area contributed by atoms with E-state index in [1.165, 1.54) is 16.3 Å². The first kappa shape index (κ1) is 31.6. The van der Waals surface area contributed by atoms with Crippen molar-refractivity contribution in [1.29, 1.82) is 0 Å². The summed E-state index contributed by atoms with van der Waals surface area (Å²) in [6, 6.07) is 69.8. The number of aromatic nitrogens is 3. The van der Waals surface area contributed by atoms with Crippen molar-refractivity contribution < 1.29 is 4.74 Å². The molecule has 4 heteroatoms. The van der Waals surface area contributed by atoms with Gasteiger partial charge in [-0.15, -0.1) is 0 Å². The molecule has 8 aromatic carbocycles. The van der Waals surface area contributed by atoms with Crippen LogP contribution in [0.5, 0.6) is 11.5 Å². The number of hydrogen-bond donors (Lipinski definition) is 0. The molecule has 2 heterocycles. The van der Waals surface area contributed by atoms with Crippen LogP contribution in [0.3, 0.4) is 0 Å². The van der Waals surface area contributed by atoms with E-state index in [0.717, 1.165) is 56.0 Å². The molecule has 0 radical (unpaired) electrons. The summed E-state index contributed by atoms with van der Waals surface area (Å²) >= 11 is 0. The fourth-order valence-corrected chi connectivity index (χ4v) is 7.89. The van der Waals surface area contributed by atoms with Gasteiger partial charge in [-0.05, 0) is 57.3 Å². The molecule has 0 saturated carbocycles. The largest absolute Gasteiger partial charge is 0.457 e. The Bertz CT molecular complexity index is 2750. The number of benzene rings is 8. The van der Waals surface area contributed by atoms with Crippen LogP contribution in [-0.4, -0.2) is 15.0 Å². The van der Waals surface area contributed by atoms with E-state index in [2.05, 4.69) is 158 Å². The van der Waals surface area contributed by atoms with E-state index in [0.29, 0.717) is 17.5 Å². The molecule has 0 unspecified atom stereocenters. The van der Waals surface area contributed by atoms with Gasteiger partial charge in [0.25, 0.3) is 0 Å². The standard InChI is InChI=1S/C50H33N3O/c1-3-15-36(16-4-1)47-51-48(37-29-26-35(27-30-37)39-31-28-34-14-7-8-17-38(34)32-39)53-49(52-47)40-18-13-21-42(33-40)50(41-19-5-2-6-20-41)43-22-9-11-24-45(43)54-46-25-12-10-23-44(46)50/h1-33H. The third kappa shape index (κ3) is 5.35. The molecule has 0 bridgehead atoms. The minimum atomic E-state index is -0.653. The first-order chi connectivity index (χ1) is 26.7. The van der Waals surface area contributed by atoms with Crippen molar-refractivity contribution in [1.82, 2.24) is 15.0 Å². The fraction of sp³-hybridized carbons (Fsp3) is 0.0200. The highest BCUT2D eigenvalue weighted by Crippen LogP contribution is 2.55. The van der Waals surface area contributed by atoms with Crippen LogP contribution >= 0.6 is 0 Å². The molecular formula is C50H33N3O. The van der Waals surface area contributed by atoms with Crippen molar-refractivity contribution in [3.05, 3.63) is 222 Å². The number of hydrogen-bond acceptors (Lipinski definition) is 4. The zero-order valence-corrected chi connectivity index (χ0v) is 29.3. The van der Waals surface area contributed by atoms with Gasteiger partial charge in [-0.3, -0.25) is 0 Å². The van der Waals surface area contributed by atoms with Gasteiger partial charge in [0.2, 0.25) is 0 Å². The Labute approximate surface area is 314 Å². The molecule has 4 nitrogen and oxygen atoms in total. The van der Waals surface area contributed by atoms with Crippen molar-refractivity contribution in [3.63, 3.8) is 0 Å². The molecule has 10 rings (SSSR count). The topological polar surface area (TPSA) is 47.9 Å². The predicted octanol–water partition coefficient (Wildman–Crippen LogP) is 12.2. The molecule has 54 heavy (non-hydrogen) atoms. The van der Waals surface area contributed by atoms with Crippen molar-refractivity contribution in [2.24, 2.45) is 0 Å². The number of para-hydroxylation sites is 2. The van der Waals surface area contributed by atoms with E-state index < -0.39 is 5.41 Å². The van der Waals surface area contributed by atoms with Crippen LogP contribution in [-0.2, 0) is 5.41 Å². The average molecular weight is 692 g/mol. The normalized spacial score (nSPS) is 12.7. The van der Waals surface area contributed by atoms with E-state index in [9.17, 15) is 0 Å². The summed E-state index contributed by atoms with van der Waals surface area (Å²) in [7, 11) is 0. The van der Waals surface area contributed by atoms with Crippen LogP contribution in [0.4, 0.5) is 0 Å². The summed E-state index contributed by atoms with van der Waals surface area (Å²) in [6.07, 6.45) is 0. The zero-order chi connectivity index (χ0) is 35.9. The lowest BCUT2D eigenvalue weighted by atomic mass is 9.63. The molecular weight excluding hydrogens is 659 g/mol. The lowest BCUT2D eigenvalue weighted by Crippen LogP contribution is -2.34. The molecule has 1 aliphatic rings. The summed E-state index contributed by atoms with van der Waals surface area (Å²) in [6.45, 7) is 0. The number of fused-ring (bicyclic) bond motifs is 3. The van der Waals surface area contributed by atoms with Gasteiger partial charge < -0.3 is 4.74 Å². The number of rotatable bonds is 6. The molecule has 0 fully saturated rings. The summed E-state index contributed by atoms with van der Waals surface area (Å²) in [5.74, 6) is 3.53. The minimum absolute atomic E-state index is 0.608. The molecule has 1 aliphatic heterocycles. The SMILES string of the molecule is c1ccc(-c2nc(-c3ccc(-c4ccc5ccccc5c4)cc3)nc(-c3cccc(C4(c5ccccc5)c5ccccc5Oc5ccccc54)c3)n2)cc1. The Morgan fingerprint density at radius 3 is 1.48 bits per heavy atom. The Morgan fingerprint density at radius 2 is 0.796 bits per heavy atom. The third-order valence-electron chi connectivity index (χ3n) is 10.5. The second-order valence-corrected chi connectivity index (χ2v) is 13.6. The number of ether oxygens (including phenoxy) is 1. The highest BCUT2D eigenvalue weighted by Gasteiger charge is 2.45. The summed E-state index contributed by atoms with van der Waals surface area (Å²) in [5.41, 5.74) is 8.82. The number of nitrogens with zero attached hydrogens (tertiary/aromatic N) is 3. The molecule has 1 aromatic heterocycles. The maximum Gasteiger partial charge on any atom is 0.164 e. The first-order valence-corrected chi connectivity index (χ1v) is 18.2. The summed E-state index contributed by atoms with van der Waals surface area (Å²) in [5, 5.41) is 2.45. The zero-order valence-electron chi connectivity index (χ0n) is 29.3. The summed E-state index contributed by atoms with van der Waals surface area (Å²) < 4.78 is 6.54. The van der Waals surface area contributed by atoms with Crippen molar-refractivity contribution in [2.75, 3.05) is 0 Å². The minimum Gasteiger partial charge on any atom is -0.457 e. The van der Waals surface area contributed by atoms with Gasteiger partial charge in [-0.1, -0.05) is 176 Å². The van der Waals surface area contributed by atoms with Crippen LogP contribution < -0.4 is 4.74 Å². The van der Waals surface area contributed by atoms with Gasteiger partial charge >= 0.3 is 0 Å². The monoisotopic (exact) mass is 691 g/mol. The van der Waals surface area contributed by atoms with Gasteiger partial charge in [0.1, 0.15) is 11.5 Å². The maximum atomic E-state index is 6.54. The van der Waals surface area contributed by atoms with Crippen LogP contribution in [0, 0.1) is 0 Å². The fourth-order valence-electron chi connectivity index (χ4n) is 7.89. The van der Waals surface area contributed by atoms with Crippen LogP contribution in [0.15, 0.2) is 200 Å². The summed E-state index contributed by atoms with van der Waals surface area (Å²) in [4.78, 5) is 15.3. The molecule has 0 amide bonds. The Balaban J connectivity index is 1.13. The molecule has 0 spiro atoms. The molecule has 9 aromatic rings. The van der Waals surface area contributed by atoms with E-state index in [1.807, 2.05) is 42.5 Å². The average Bonchev–Trinajstić information content (AvgIpc) is 3.26. The van der Waals surface area contributed by atoms with Gasteiger partial charge in [-0.25, -0.2) is 15.0 Å². The van der Waals surface area contributed by atoms with E-state index >= 15 is 0 Å². The van der Waals surface area contributed by atoms with Gasteiger partial charge in [0.05, 0.1) is 5.41 Å². The van der Waals surface area contributed by atoms with E-state index in [-0.39, 0.29) is 0 Å². The van der Waals surface area contributed by atoms with Crippen molar-refractivity contribution in [2.45, 2.75) is 5.41 Å². The van der Waals surface area contributed by atoms with Gasteiger partial charge in [0.15, 0.2) is 17.5 Å². The highest BCUT2D eigenvalue weighted by atomic mass is 16.5. The second-order valence-electron chi connectivity index (χ2n) is 13.6. The smallest absolute Gasteiger partial charge is 0.164 e. The maximum absolute atomic E-state index is 6.54. The van der Waals surface area contributed by atoms with Crippen molar-refractivity contribution >= 4 is 10.8 Å². The van der Waals surface area contributed by atoms with Crippen LogP contribution in [0.1, 0.15) is 22.3 Å². The Kier molecular flexibility index (Phi) is 7.66. The van der Waals surface area contributed by atoms with Crippen LogP contribution in [0.2, 0.25) is 0 Å². The lowest BCUT2D eigenvalue weighted by Gasteiger charge is -2.41. The van der Waals surface area contributed by atoms with Crippen molar-refractivity contribution in [3.8, 4) is 56.8 Å². The molecule has 254 valence electrons. The van der Waals surface area contributed by atoms with E-state index in [4.69, 9.17) is 19.7 Å². The van der Waals surface area contributed by atoms with Gasteiger partial charge in [-0.2, -0.15) is 0 Å². The predicted molar refractivity (Wildman–Crippen MR) is 217 cm³/mol. The Morgan fingerprint density at radius 1 is 0.315 bits per heavy atom. The second kappa shape index (κ2) is 13.1. The van der Waals surface area contributed by atoms with Crippen LogP contribution in [0.25, 0.3) is 56.1 Å². The van der Waals surface area contributed by atoms with Gasteiger partial charge in [0, 0.05) is 27.8 Å². The Hall–Kier alpha value is -7.17. The lowest BCUT2D eigenvalue weighted by molar-refractivity contribution is 0.434. The van der Waals surface area contributed by atoms with E-state index in [1.54, 1.807) is 0 Å². The molecule has 0 N–H and O–H groups in total. The molecule has 0 atom stereocenters. The highest BCUT2D eigenvalue weighted by molar-refractivity contribution is 5.87.